The summed E-state index contributed by atoms with van der Waals surface area (Å²) < 4.78 is 4.80. The first-order valence-electron chi connectivity index (χ1n) is 12.7. The Morgan fingerprint density at radius 1 is 0.556 bits per heavy atom. The molecule has 2 aromatic heterocycles. The lowest BCUT2D eigenvalue weighted by atomic mass is 9.90. The minimum absolute atomic E-state index is 0.166. The number of nitrogens with zero attached hydrogens (tertiary/aromatic N) is 2. The van der Waals surface area contributed by atoms with Gasteiger partial charge in [-0.05, 0) is 41.3 Å². The van der Waals surface area contributed by atoms with Crippen molar-refractivity contribution < 1.29 is 0 Å². The average Bonchev–Trinajstić information content (AvgIpc) is 3.47. The molecule has 0 spiro atoms. The molecule has 2 heterocycles. The van der Waals surface area contributed by atoms with E-state index in [4.69, 9.17) is 0 Å². The molecular weight excluding hydrogens is 436 g/mol. The predicted octanol–water partition coefficient (Wildman–Crippen LogP) is 8.40. The van der Waals surface area contributed by atoms with Gasteiger partial charge in [0.05, 0.1) is 0 Å². The van der Waals surface area contributed by atoms with E-state index in [1.165, 1.54) is 44.1 Å². The lowest BCUT2D eigenvalue weighted by molar-refractivity contribution is 0.820. The molecule has 0 unspecified atom stereocenters. The van der Waals surface area contributed by atoms with Gasteiger partial charge in [0.1, 0.15) is 0 Å². The van der Waals surface area contributed by atoms with Crippen LogP contribution in [0, 0.1) is 0 Å². The molecule has 0 aliphatic carbocycles. The second kappa shape index (κ2) is 9.75. The summed E-state index contributed by atoms with van der Waals surface area (Å²) in [6.45, 7) is 3.85. The molecule has 36 heavy (non-hydrogen) atoms. The molecule has 0 N–H and O–H groups in total. The minimum atomic E-state index is 0.166. The van der Waals surface area contributed by atoms with Gasteiger partial charge in [-0.15, -0.1) is 0 Å². The Morgan fingerprint density at radius 3 is 1.42 bits per heavy atom. The van der Waals surface area contributed by atoms with Crippen molar-refractivity contribution in [1.82, 2.24) is 9.13 Å². The minimum Gasteiger partial charge on any atom is -0.343 e. The van der Waals surface area contributed by atoms with Crippen LogP contribution in [0.5, 0.6) is 0 Å². The van der Waals surface area contributed by atoms with Gasteiger partial charge in [0.25, 0.3) is 0 Å². The highest BCUT2D eigenvalue weighted by Crippen LogP contribution is 2.38. The van der Waals surface area contributed by atoms with Crippen LogP contribution in [0.15, 0.2) is 134 Å². The van der Waals surface area contributed by atoms with Gasteiger partial charge in [-0.2, -0.15) is 0 Å². The summed E-state index contributed by atoms with van der Waals surface area (Å²) in [6.07, 6.45) is 9.28. The van der Waals surface area contributed by atoms with Crippen molar-refractivity contribution in [3.8, 4) is 0 Å². The SMILES string of the molecule is CC=CC(c1cn(Cc2ccccc2)c2ccccc12)c1cn(Cc2ccccc2)c2ccccc12. The van der Waals surface area contributed by atoms with Crippen LogP contribution in [-0.4, -0.2) is 9.13 Å². The molecule has 176 valence electrons. The molecule has 6 aromatic rings. The second-order valence-electron chi connectivity index (χ2n) is 9.43. The lowest BCUT2D eigenvalue weighted by Crippen LogP contribution is -2.00. The molecule has 0 amide bonds. The summed E-state index contributed by atoms with van der Waals surface area (Å²) in [5.74, 6) is 0.166. The van der Waals surface area contributed by atoms with Crippen molar-refractivity contribution >= 4 is 21.8 Å². The molecule has 4 aromatic carbocycles. The normalized spacial score (nSPS) is 11.8. The maximum atomic E-state index is 2.40. The third-order valence-electron chi connectivity index (χ3n) is 7.09. The summed E-state index contributed by atoms with van der Waals surface area (Å²) in [5, 5.41) is 2.63. The highest BCUT2D eigenvalue weighted by atomic mass is 15.0. The van der Waals surface area contributed by atoms with Crippen LogP contribution in [-0.2, 0) is 13.1 Å². The van der Waals surface area contributed by atoms with Crippen molar-refractivity contribution in [2.75, 3.05) is 0 Å². The summed E-state index contributed by atoms with van der Waals surface area (Å²) in [7, 11) is 0. The van der Waals surface area contributed by atoms with Gasteiger partial charge in [0.15, 0.2) is 0 Å². The van der Waals surface area contributed by atoms with Crippen molar-refractivity contribution in [2.24, 2.45) is 0 Å². The summed E-state index contributed by atoms with van der Waals surface area (Å²) in [6, 6.07) is 39.1. The van der Waals surface area contributed by atoms with E-state index in [2.05, 4.69) is 150 Å². The Morgan fingerprint density at radius 2 is 0.972 bits per heavy atom. The summed E-state index contributed by atoms with van der Waals surface area (Å²) in [4.78, 5) is 0. The van der Waals surface area contributed by atoms with Crippen LogP contribution >= 0.6 is 0 Å². The fourth-order valence-electron chi connectivity index (χ4n) is 5.44. The van der Waals surface area contributed by atoms with Crippen molar-refractivity contribution in [2.45, 2.75) is 25.9 Å². The molecule has 0 saturated heterocycles. The Labute approximate surface area is 212 Å². The summed E-state index contributed by atoms with van der Waals surface area (Å²) in [5.41, 5.74) is 7.88. The number of para-hydroxylation sites is 2. The van der Waals surface area contributed by atoms with Crippen LogP contribution in [0.25, 0.3) is 21.8 Å². The first kappa shape index (κ1) is 22.2. The number of aromatic nitrogens is 2. The van der Waals surface area contributed by atoms with Gasteiger partial charge in [-0.1, -0.05) is 109 Å². The zero-order chi connectivity index (χ0) is 24.3. The summed E-state index contributed by atoms with van der Waals surface area (Å²) >= 11 is 0. The molecular formula is C34H30N2. The standard InChI is InChI=1S/C34H30N2/c1-2-13-28(31-24-35(22-26-14-5-3-6-15-26)33-20-11-9-18-29(31)33)32-25-36(23-27-16-7-4-8-17-27)34-21-12-10-19-30(32)34/h2-21,24-25,28H,22-23H2,1H3. The average molecular weight is 467 g/mol. The third kappa shape index (κ3) is 4.16. The topological polar surface area (TPSA) is 9.86 Å². The monoisotopic (exact) mass is 466 g/mol. The van der Waals surface area contributed by atoms with E-state index in [0.29, 0.717) is 0 Å². The Balaban J connectivity index is 1.50. The number of hydrogen-bond donors (Lipinski definition) is 0. The van der Waals surface area contributed by atoms with Crippen LogP contribution in [0.1, 0.15) is 35.1 Å². The van der Waals surface area contributed by atoms with Gasteiger partial charge < -0.3 is 9.13 Å². The molecule has 6 rings (SSSR count). The van der Waals surface area contributed by atoms with E-state index in [1.807, 2.05) is 0 Å². The highest BCUT2D eigenvalue weighted by Gasteiger charge is 2.22. The largest absolute Gasteiger partial charge is 0.343 e. The Hall–Kier alpha value is -4.30. The molecule has 0 saturated carbocycles. The van der Waals surface area contributed by atoms with E-state index in [0.717, 1.165) is 13.1 Å². The maximum Gasteiger partial charge on any atom is 0.0486 e. The Bertz CT molecular complexity index is 1520. The van der Waals surface area contributed by atoms with E-state index in [9.17, 15) is 0 Å². The molecule has 0 aliphatic heterocycles. The molecule has 2 nitrogen and oxygen atoms in total. The van der Waals surface area contributed by atoms with Crippen LogP contribution < -0.4 is 0 Å². The van der Waals surface area contributed by atoms with Crippen LogP contribution in [0.2, 0.25) is 0 Å². The third-order valence-corrected chi connectivity index (χ3v) is 7.09. The fraction of sp³-hybridized carbons (Fsp3) is 0.118. The number of benzene rings is 4. The quantitative estimate of drug-likeness (QED) is 0.209. The number of rotatable bonds is 7. The number of fused-ring (bicyclic) bond motifs is 2. The number of allylic oxidation sites excluding steroid dienone is 2. The molecule has 0 radical (unpaired) electrons. The number of hydrogen-bond acceptors (Lipinski definition) is 0. The lowest BCUT2D eigenvalue weighted by Gasteiger charge is -2.12. The second-order valence-corrected chi connectivity index (χ2v) is 9.43. The van der Waals surface area contributed by atoms with Gasteiger partial charge in [-0.3, -0.25) is 0 Å². The van der Waals surface area contributed by atoms with E-state index in [-0.39, 0.29) is 5.92 Å². The van der Waals surface area contributed by atoms with Crippen LogP contribution in [0.3, 0.4) is 0 Å². The molecule has 2 heteroatoms. The zero-order valence-corrected chi connectivity index (χ0v) is 20.6. The molecule has 0 bridgehead atoms. The molecule has 0 atom stereocenters. The van der Waals surface area contributed by atoms with Crippen LogP contribution in [0.4, 0.5) is 0 Å². The van der Waals surface area contributed by atoms with E-state index >= 15 is 0 Å². The van der Waals surface area contributed by atoms with Gasteiger partial charge in [0, 0.05) is 53.2 Å². The predicted molar refractivity (Wildman–Crippen MR) is 152 cm³/mol. The van der Waals surface area contributed by atoms with E-state index < -0.39 is 0 Å². The zero-order valence-electron chi connectivity index (χ0n) is 20.6. The van der Waals surface area contributed by atoms with Crippen molar-refractivity contribution in [3.63, 3.8) is 0 Å². The van der Waals surface area contributed by atoms with Gasteiger partial charge in [-0.25, -0.2) is 0 Å². The smallest absolute Gasteiger partial charge is 0.0486 e. The highest BCUT2D eigenvalue weighted by molar-refractivity contribution is 5.89. The first-order valence-corrected chi connectivity index (χ1v) is 12.7. The van der Waals surface area contributed by atoms with Crippen molar-refractivity contribution in [3.05, 3.63) is 156 Å². The first-order chi connectivity index (χ1) is 17.8. The molecule has 0 fully saturated rings. The fourth-order valence-corrected chi connectivity index (χ4v) is 5.44. The van der Waals surface area contributed by atoms with E-state index in [1.54, 1.807) is 0 Å². The molecule has 0 aliphatic rings. The Kier molecular flexibility index (Phi) is 6.01. The van der Waals surface area contributed by atoms with Crippen molar-refractivity contribution in [1.29, 1.82) is 0 Å². The van der Waals surface area contributed by atoms with Gasteiger partial charge in [0.2, 0.25) is 0 Å². The maximum absolute atomic E-state index is 2.40. The van der Waals surface area contributed by atoms with Gasteiger partial charge >= 0.3 is 0 Å².